The van der Waals surface area contributed by atoms with Crippen molar-refractivity contribution in [3.63, 3.8) is 0 Å². The molecule has 1 amide bonds. The molecule has 2 aromatic carbocycles. The van der Waals surface area contributed by atoms with Crippen molar-refractivity contribution in [3.8, 4) is 11.6 Å². The van der Waals surface area contributed by atoms with E-state index in [-0.39, 0.29) is 23.8 Å². The molecule has 0 saturated carbocycles. The largest absolute Gasteiger partial charge is 0.437 e. The number of nitrogens with zero attached hydrogens (tertiary/aromatic N) is 5. The molecule has 186 valence electrons. The van der Waals surface area contributed by atoms with E-state index in [1.54, 1.807) is 0 Å². The van der Waals surface area contributed by atoms with Crippen molar-refractivity contribution in [2.75, 3.05) is 29.9 Å². The molecule has 1 aliphatic heterocycles. The summed E-state index contributed by atoms with van der Waals surface area (Å²) in [7, 11) is 0. The van der Waals surface area contributed by atoms with E-state index >= 15 is 0 Å². The van der Waals surface area contributed by atoms with E-state index in [2.05, 4.69) is 43.9 Å². The molecule has 2 aromatic heterocycles. The van der Waals surface area contributed by atoms with E-state index < -0.39 is 0 Å². The van der Waals surface area contributed by atoms with Crippen molar-refractivity contribution in [1.29, 1.82) is 0 Å². The van der Waals surface area contributed by atoms with Gasteiger partial charge in [0, 0.05) is 44.7 Å². The Hall–Kier alpha value is -3.63. The average Bonchev–Trinajstić information content (AvgIpc) is 3.27. The highest BCUT2D eigenvalue weighted by Gasteiger charge is 2.29. The molecule has 4 aromatic rings. The molecule has 1 aliphatic rings. The number of piperazine rings is 1. The van der Waals surface area contributed by atoms with Gasteiger partial charge in [0.1, 0.15) is 23.5 Å². The Bertz CT molecular complexity index is 1380. The van der Waals surface area contributed by atoms with Gasteiger partial charge in [-0.3, -0.25) is 9.69 Å². The topological polar surface area (TPSA) is 83.5 Å². The van der Waals surface area contributed by atoms with Crippen LogP contribution in [0, 0.1) is 5.82 Å². The number of nitrogens with one attached hydrogen (secondary N) is 1. The zero-order valence-electron chi connectivity index (χ0n) is 20.3. The molecule has 1 saturated heterocycles. The number of anilines is 2. The van der Waals surface area contributed by atoms with Crippen LogP contribution in [0.4, 0.5) is 15.3 Å². The van der Waals surface area contributed by atoms with Crippen LogP contribution in [0.2, 0.25) is 0 Å². The summed E-state index contributed by atoms with van der Waals surface area (Å²) >= 11 is 1.39. The second kappa shape index (κ2) is 10.2. The van der Waals surface area contributed by atoms with Gasteiger partial charge in [-0.05, 0) is 43.7 Å². The molecule has 3 heterocycles. The molecule has 8 nitrogen and oxygen atoms in total. The maximum Gasteiger partial charge on any atom is 0.224 e. The lowest BCUT2D eigenvalue weighted by atomic mass is 10.0. The van der Waals surface area contributed by atoms with Crippen LogP contribution in [0.5, 0.6) is 11.6 Å². The third kappa shape index (κ3) is 5.14. The van der Waals surface area contributed by atoms with Crippen LogP contribution < -0.4 is 15.0 Å². The van der Waals surface area contributed by atoms with Gasteiger partial charge in [-0.1, -0.05) is 29.5 Å². The first-order valence-corrected chi connectivity index (χ1v) is 12.6. The molecular formula is C26H27FN6O2S. The number of carbonyl (C=O) groups excluding carboxylic acids is 1. The summed E-state index contributed by atoms with van der Waals surface area (Å²) in [5.74, 6) is 1.40. The predicted molar refractivity (Wildman–Crippen MR) is 139 cm³/mol. The number of amides is 1. The molecule has 0 spiro atoms. The molecule has 36 heavy (non-hydrogen) atoms. The summed E-state index contributed by atoms with van der Waals surface area (Å²) in [6, 6.07) is 14.7. The van der Waals surface area contributed by atoms with Crippen molar-refractivity contribution in [3.05, 3.63) is 66.2 Å². The van der Waals surface area contributed by atoms with Crippen LogP contribution in [0.3, 0.4) is 0 Å². The van der Waals surface area contributed by atoms with Gasteiger partial charge in [-0.15, -0.1) is 0 Å². The number of hydrogen-bond donors (Lipinski definition) is 1. The number of ether oxygens (including phenoxy) is 1. The third-order valence-electron chi connectivity index (χ3n) is 6.36. The SMILES string of the molecule is CC(=O)Nc1nc2c(Oc3cc(N4CCN([C@@H](C)c5ccc(F)cc5)[C@H](C)C4)ncn3)cccc2s1. The van der Waals surface area contributed by atoms with Crippen LogP contribution in [0.15, 0.2) is 54.9 Å². The first kappa shape index (κ1) is 24.1. The van der Waals surface area contributed by atoms with Gasteiger partial charge in [0.2, 0.25) is 11.8 Å². The molecule has 1 fully saturated rings. The van der Waals surface area contributed by atoms with Gasteiger partial charge in [0.15, 0.2) is 10.9 Å². The number of halogens is 1. The van der Waals surface area contributed by atoms with Gasteiger partial charge < -0.3 is 15.0 Å². The Kier molecular flexibility index (Phi) is 6.80. The minimum absolute atomic E-state index is 0.168. The molecule has 0 radical (unpaired) electrons. The molecule has 0 unspecified atom stereocenters. The van der Waals surface area contributed by atoms with Crippen molar-refractivity contribution >= 4 is 38.4 Å². The van der Waals surface area contributed by atoms with E-state index in [1.807, 2.05) is 36.4 Å². The summed E-state index contributed by atoms with van der Waals surface area (Å²) in [5, 5.41) is 3.25. The van der Waals surface area contributed by atoms with Crippen molar-refractivity contribution < 1.29 is 13.9 Å². The van der Waals surface area contributed by atoms with Crippen LogP contribution >= 0.6 is 11.3 Å². The Morgan fingerprint density at radius 3 is 2.75 bits per heavy atom. The quantitative estimate of drug-likeness (QED) is 0.383. The summed E-state index contributed by atoms with van der Waals surface area (Å²) in [6.45, 7) is 8.25. The van der Waals surface area contributed by atoms with Gasteiger partial charge >= 0.3 is 0 Å². The monoisotopic (exact) mass is 506 g/mol. The lowest BCUT2D eigenvalue weighted by Crippen LogP contribution is -2.52. The smallest absolute Gasteiger partial charge is 0.224 e. The number of thiazole rings is 1. The van der Waals surface area contributed by atoms with E-state index in [1.165, 1.54) is 36.7 Å². The summed E-state index contributed by atoms with van der Waals surface area (Å²) in [6.07, 6.45) is 1.51. The molecule has 1 N–H and O–H groups in total. The van der Waals surface area contributed by atoms with Crippen LogP contribution in [0.1, 0.15) is 32.4 Å². The molecule has 0 aliphatic carbocycles. The van der Waals surface area contributed by atoms with E-state index in [0.29, 0.717) is 22.3 Å². The highest BCUT2D eigenvalue weighted by molar-refractivity contribution is 7.22. The first-order chi connectivity index (χ1) is 17.4. The standard InChI is InChI=1S/C26H27FN6O2S/c1-16-14-32(11-12-33(16)17(2)19-7-9-20(27)10-8-19)23-13-24(29-15-28-23)35-21-5-4-6-22-25(21)31-26(36-22)30-18(3)34/h4-10,13,15-17H,11-12,14H2,1-3H3,(H,30,31,34)/t16-,17+/m1/s1. The molecule has 5 rings (SSSR count). The summed E-state index contributed by atoms with van der Waals surface area (Å²) in [5.41, 5.74) is 1.77. The summed E-state index contributed by atoms with van der Waals surface area (Å²) < 4.78 is 20.4. The average molecular weight is 507 g/mol. The fourth-order valence-corrected chi connectivity index (χ4v) is 5.50. The molecular weight excluding hydrogens is 479 g/mol. The molecule has 10 heteroatoms. The number of fused-ring (bicyclic) bond motifs is 1. The summed E-state index contributed by atoms with van der Waals surface area (Å²) in [4.78, 5) is 29.4. The number of rotatable bonds is 6. The number of benzene rings is 2. The van der Waals surface area contributed by atoms with E-state index in [9.17, 15) is 9.18 Å². The van der Waals surface area contributed by atoms with E-state index in [0.717, 1.165) is 35.7 Å². The normalized spacial score (nSPS) is 17.2. The highest BCUT2D eigenvalue weighted by atomic mass is 32.1. The Morgan fingerprint density at radius 1 is 1.19 bits per heavy atom. The lowest BCUT2D eigenvalue weighted by Gasteiger charge is -2.43. The minimum Gasteiger partial charge on any atom is -0.437 e. The maximum absolute atomic E-state index is 13.3. The number of hydrogen-bond acceptors (Lipinski definition) is 8. The zero-order valence-corrected chi connectivity index (χ0v) is 21.1. The molecule has 0 bridgehead atoms. The van der Waals surface area contributed by atoms with Crippen molar-refractivity contribution in [2.24, 2.45) is 0 Å². The Labute approximate surface area is 212 Å². The van der Waals surface area contributed by atoms with Gasteiger partial charge in [0.05, 0.1) is 4.70 Å². The second-order valence-electron chi connectivity index (χ2n) is 8.88. The third-order valence-corrected chi connectivity index (χ3v) is 7.30. The van der Waals surface area contributed by atoms with Gasteiger partial charge in [-0.25, -0.2) is 19.3 Å². The zero-order chi connectivity index (χ0) is 25.2. The fraction of sp³-hybridized carbons (Fsp3) is 0.308. The van der Waals surface area contributed by atoms with Crippen LogP contribution in [0.25, 0.3) is 10.2 Å². The molecule has 2 atom stereocenters. The fourth-order valence-electron chi connectivity index (χ4n) is 4.57. The van der Waals surface area contributed by atoms with Crippen LogP contribution in [-0.2, 0) is 4.79 Å². The Morgan fingerprint density at radius 2 is 2.00 bits per heavy atom. The van der Waals surface area contributed by atoms with Gasteiger partial charge in [-0.2, -0.15) is 0 Å². The second-order valence-corrected chi connectivity index (χ2v) is 9.91. The number of para-hydroxylation sites is 1. The minimum atomic E-state index is -0.218. The van der Waals surface area contributed by atoms with E-state index in [4.69, 9.17) is 4.74 Å². The number of carbonyl (C=O) groups is 1. The van der Waals surface area contributed by atoms with Gasteiger partial charge in [0.25, 0.3) is 0 Å². The van der Waals surface area contributed by atoms with Crippen LogP contribution in [-0.4, -0.2) is 51.4 Å². The predicted octanol–water partition coefficient (Wildman–Crippen LogP) is 5.25. The Balaban J connectivity index is 1.29. The van der Waals surface area contributed by atoms with Crippen molar-refractivity contribution in [2.45, 2.75) is 32.9 Å². The maximum atomic E-state index is 13.3. The lowest BCUT2D eigenvalue weighted by molar-refractivity contribution is -0.114. The number of aromatic nitrogens is 3. The van der Waals surface area contributed by atoms with Crippen molar-refractivity contribution in [1.82, 2.24) is 19.9 Å². The highest BCUT2D eigenvalue weighted by Crippen LogP contribution is 2.35. The first-order valence-electron chi connectivity index (χ1n) is 11.8.